The first-order valence-electron chi connectivity index (χ1n) is 15.9. The smallest absolute Gasteiger partial charge is 0.0547 e. The predicted octanol–water partition coefficient (Wildman–Crippen LogP) is 12.9. The molecule has 0 saturated carbocycles. The number of halogens is 1. The zero-order chi connectivity index (χ0) is 31.3. The van der Waals surface area contributed by atoms with Crippen molar-refractivity contribution in [1.82, 2.24) is 4.57 Å². The minimum Gasteiger partial charge on any atom is -0.310 e. The third kappa shape index (κ3) is 4.65. The molecule has 1 heterocycles. The Hall–Kier alpha value is -5.83. The Kier molecular flexibility index (Phi) is 6.55. The lowest BCUT2D eigenvalue weighted by atomic mass is 10.00. The van der Waals surface area contributed by atoms with Crippen molar-refractivity contribution >= 4 is 72.0 Å². The van der Waals surface area contributed by atoms with Crippen molar-refractivity contribution in [3.63, 3.8) is 0 Å². The van der Waals surface area contributed by atoms with E-state index in [-0.39, 0.29) is 0 Å². The topological polar surface area (TPSA) is 8.17 Å². The Morgan fingerprint density at radius 3 is 1.91 bits per heavy atom. The summed E-state index contributed by atoms with van der Waals surface area (Å²) in [4.78, 5) is 2.31. The molecule has 1 aromatic heterocycles. The second-order valence-electron chi connectivity index (χ2n) is 12.0. The van der Waals surface area contributed by atoms with Crippen molar-refractivity contribution < 1.29 is 0 Å². The van der Waals surface area contributed by atoms with Crippen LogP contribution in [0.2, 0.25) is 5.02 Å². The van der Waals surface area contributed by atoms with Gasteiger partial charge in [0.15, 0.2) is 0 Å². The molecule has 222 valence electrons. The predicted molar refractivity (Wildman–Crippen MR) is 201 cm³/mol. The summed E-state index contributed by atoms with van der Waals surface area (Å²) >= 11 is 6.98. The van der Waals surface area contributed by atoms with Gasteiger partial charge in [0.1, 0.15) is 0 Å². The molecule has 0 aliphatic rings. The molecule has 0 aliphatic heterocycles. The number of aromatic nitrogens is 1. The van der Waals surface area contributed by atoms with E-state index in [9.17, 15) is 0 Å². The number of hydrogen-bond donors (Lipinski definition) is 0. The summed E-state index contributed by atoms with van der Waals surface area (Å²) < 4.78 is 2.39. The molecule has 47 heavy (non-hydrogen) atoms. The van der Waals surface area contributed by atoms with Gasteiger partial charge in [0.05, 0.1) is 16.7 Å². The van der Waals surface area contributed by atoms with Gasteiger partial charge in [-0.25, -0.2) is 0 Å². The van der Waals surface area contributed by atoms with E-state index in [4.69, 9.17) is 11.6 Å². The zero-order valence-corrected chi connectivity index (χ0v) is 26.3. The summed E-state index contributed by atoms with van der Waals surface area (Å²) in [6, 6.07) is 62.5. The van der Waals surface area contributed by atoms with Crippen LogP contribution in [-0.4, -0.2) is 4.57 Å². The quantitative estimate of drug-likeness (QED) is 0.186. The first-order valence-corrected chi connectivity index (χ1v) is 16.3. The minimum absolute atomic E-state index is 0.688. The van der Waals surface area contributed by atoms with Crippen molar-refractivity contribution in [3.05, 3.63) is 181 Å². The number of rotatable bonds is 5. The zero-order valence-electron chi connectivity index (χ0n) is 25.5. The van der Waals surface area contributed by atoms with Crippen molar-refractivity contribution in [2.45, 2.75) is 0 Å². The molecule has 9 rings (SSSR count). The maximum absolute atomic E-state index is 6.98. The van der Waals surface area contributed by atoms with E-state index in [0.717, 1.165) is 39.4 Å². The molecule has 0 radical (unpaired) electrons. The lowest BCUT2D eigenvalue weighted by Gasteiger charge is -2.27. The van der Waals surface area contributed by atoms with Crippen LogP contribution in [0.15, 0.2) is 176 Å². The number of hydrogen-bond acceptors (Lipinski definition) is 1. The van der Waals surface area contributed by atoms with Crippen LogP contribution < -0.4 is 4.90 Å². The number of nitrogens with zero attached hydrogens (tertiary/aromatic N) is 2. The molecular weight excluding hydrogens is 592 g/mol. The highest BCUT2D eigenvalue weighted by Gasteiger charge is 2.19. The summed E-state index contributed by atoms with van der Waals surface area (Å²) in [5, 5.41) is 8.07. The lowest BCUT2D eigenvalue weighted by molar-refractivity contribution is 1.18. The molecule has 0 amide bonds. The molecule has 0 aliphatic carbocycles. The summed E-state index contributed by atoms with van der Waals surface area (Å²) in [5.41, 5.74) is 8.85. The van der Waals surface area contributed by atoms with Gasteiger partial charge in [-0.2, -0.15) is 0 Å². The fourth-order valence-electron chi connectivity index (χ4n) is 7.10. The third-order valence-corrected chi connectivity index (χ3v) is 9.38. The van der Waals surface area contributed by atoms with Crippen LogP contribution in [0.25, 0.3) is 60.2 Å². The monoisotopic (exact) mass is 620 g/mol. The molecular formula is C44H29ClN2. The second-order valence-corrected chi connectivity index (χ2v) is 12.4. The van der Waals surface area contributed by atoms with Crippen LogP contribution in [0.1, 0.15) is 0 Å². The molecule has 0 spiro atoms. The van der Waals surface area contributed by atoms with Crippen LogP contribution in [-0.2, 0) is 0 Å². The van der Waals surface area contributed by atoms with Gasteiger partial charge < -0.3 is 9.47 Å². The standard InChI is InChI=1S/C44H29ClN2/c45-34-26-33(27-37(29-34)46(35-15-3-1-4-16-35)41-21-11-14-30-12-7-9-19-38(30)41)32-22-24-40-43(28-32)47(36-17-5-2-6-18-36)42-25-23-31-13-8-10-20-39(31)44(40)42/h1-29H. The first-order chi connectivity index (χ1) is 23.2. The van der Waals surface area contributed by atoms with E-state index < -0.39 is 0 Å². The Morgan fingerprint density at radius 1 is 0.426 bits per heavy atom. The molecule has 9 aromatic rings. The van der Waals surface area contributed by atoms with Crippen LogP contribution in [0.4, 0.5) is 17.1 Å². The first kappa shape index (κ1) is 27.5. The highest BCUT2D eigenvalue weighted by Crippen LogP contribution is 2.43. The summed E-state index contributed by atoms with van der Waals surface area (Å²) in [6.07, 6.45) is 0. The van der Waals surface area contributed by atoms with Crippen molar-refractivity contribution in [3.8, 4) is 16.8 Å². The number of benzene rings is 8. The lowest BCUT2D eigenvalue weighted by Crippen LogP contribution is -2.10. The number of fused-ring (bicyclic) bond motifs is 6. The average molecular weight is 621 g/mol. The fraction of sp³-hybridized carbons (Fsp3) is 0. The average Bonchev–Trinajstić information content (AvgIpc) is 3.47. The van der Waals surface area contributed by atoms with Gasteiger partial charge in [0, 0.05) is 38.2 Å². The Morgan fingerprint density at radius 2 is 1.11 bits per heavy atom. The Bertz CT molecular complexity index is 2580. The highest BCUT2D eigenvalue weighted by molar-refractivity contribution is 6.31. The summed E-state index contributed by atoms with van der Waals surface area (Å²) in [7, 11) is 0. The van der Waals surface area contributed by atoms with E-state index >= 15 is 0 Å². The van der Waals surface area contributed by atoms with Gasteiger partial charge in [-0.1, -0.05) is 127 Å². The maximum atomic E-state index is 6.98. The third-order valence-electron chi connectivity index (χ3n) is 9.17. The molecule has 0 fully saturated rings. The van der Waals surface area contributed by atoms with Crippen LogP contribution in [0.3, 0.4) is 0 Å². The highest BCUT2D eigenvalue weighted by atomic mass is 35.5. The van der Waals surface area contributed by atoms with Gasteiger partial charge in [-0.3, -0.25) is 0 Å². The van der Waals surface area contributed by atoms with Gasteiger partial charge in [-0.05, 0) is 87.9 Å². The molecule has 0 saturated heterocycles. The summed E-state index contributed by atoms with van der Waals surface area (Å²) in [5.74, 6) is 0. The van der Waals surface area contributed by atoms with Crippen molar-refractivity contribution in [2.75, 3.05) is 4.90 Å². The van der Waals surface area contributed by atoms with Crippen LogP contribution in [0, 0.1) is 0 Å². The fourth-order valence-corrected chi connectivity index (χ4v) is 7.33. The Labute approximate surface area is 278 Å². The molecule has 0 N–H and O–H groups in total. The van der Waals surface area contributed by atoms with Gasteiger partial charge in [0.2, 0.25) is 0 Å². The van der Waals surface area contributed by atoms with Gasteiger partial charge >= 0.3 is 0 Å². The number of para-hydroxylation sites is 2. The van der Waals surface area contributed by atoms with Gasteiger partial charge in [0.25, 0.3) is 0 Å². The summed E-state index contributed by atoms with van der Waals surface area (Å²) in [6.45, 7) is 0. The second kappa shape index (κ2) is 11.2. The largest absolute Gasteiger partial charge is 0.310 e. The van der Waals surface area contributed by atoms with Crippen molar-refractivity contribution in [2.24, 2.45) is 0 Å². The van der Waals surface area contributed by atoms with E-state index in [2.05, 4.69) is 185 Å². The van der Waals surface area contributed by atoms with Crippen LogP contribution >= 0.6 is 11.6 Å². The van der Waals surface area contributed by atoms with E-state index in [1.807, 2.05) is 0 Å². The molecule has 8 aromatic carbocycles. The number of anilines is 3. The van der Waals surface area contributed by atoms with Gasteiger partial charge in [-0.15, -0.1) is 0 Å². The maximum Gasteiger partial charge on any atom is 0.0547 e. The van der Waals surface area contributed by atoms with Crippen LogP contribution in [0.5, 0.6) is 0 Å². The molecule has 3 heteroatoms. The minimum atomic E-state index is 0.688. The van der Waals surface area contributed by atoms with E-state index in [0.29, 0.717) is 5.02 Å². The SMILES string of the molecule is Clc1cc(-c2ccc3c4c5ccccc5ccc4n(-c4ccccc4)c3c2)cc(N(c2ccccc2)c2cccc3ccccc23)c1. The van der Waals surface area contributed by atoms with E-state index in [1.165, 1.54) is 37.8 Å². The molecule has 0 bridgehead atoms. The molecule has 2 nitrogen and oxygen atoms in total. The molecule has 0 atom stereocenters. The van der Waals surface area contributed by atoms with Crippen molar-refractivity contribution in [1.29, 1.82) is 0 Å². The van der Waals surface area contributed by atoms with E-state index in [1.54, 1.807) is 0 Å². The normalized spacial score (nSPS) is 11.5. The Balaban J connectivity index is 1.28. The molecule has 0 unspecified atom stereocenters.